The van der Waals surface area contributed by atoms with Crippen LogP contribution in [0, 0.1) is 11.8 Å². The molecular weight excluding hydrogens is 290 g/mol. The summed E-state index contributed by atoms with van der Waals surface area (Å²) in [6.07, 6.45) is 2.88. The van der Waals surface area contributed by atoms with Gasteiger partial charge in [-0.3, -0.25) is 14.3 Å². The zero-order chi connectivity index (χ0) is 15.8. The number of carbonyl (C=O) groups is 2. The molecule has 1 amide bonds. The van der Waals surface area contributed by atoms with Gasteiger partial charge < -0.3 is 4.90 Å². The fraction of sp³-hybridized carbons (Fsp3) is 0.846. The summed E-state index contributed by atoms with van der Waals surface area (Å²) < 4.78 is 3.02. The second-order valence-corrected chi connectivity index (χ2v) is 6.19. The van der Waals surface area contributed by atoms with Crippen LogP contribution in [-0.4, -0.2) is 48.5 Å². The van der Waals surface area contributed by atoms with Gasteiger partial charge >= 0.3 is 0 Å². The number of amides is 1. The Morgan fingerprint density at radius 2 is 2.24 bits per heavy atom. The molecule has 0 aliphatic carbocycles. The third-order valence-electron chi connectivity index (χ3n) is 3.59. The molecule has 1 unspecified atom stereocenters. The SMILES string of the molecule is CSN[C@@H](CC(=O)N1CCC(CN=[N+]=[N-])C1)C(=O)C(C)C. The van der Waals surface area contributed by atoms with Gasteiger partial charge in [0.15, 0.2) is 5.78 Å². The Kier molecular flexibility index (Phi) is 7.56. The van der Waals surface area contributed by atoms with E-state index in [4.69, 9.17) is 5.53 Å². The van der Waals surface area contributed by atoms with Crippen LogP contribution in [0.25, 0.3) is 10.4 Å². The number of hydrogen-bond acceptors (Lipinski definition) is 5. The van der Waals surface area contributed by atoms with Gasteiger partial charge in [-0.2, -0.15) is 0 Å². The van der Waals surface area contributed by atoms with Crippen molar-refractivity contribution in [2.24, 2.45) is 17.0 Å². The van der Waals surface area contributed by atoms with Crippen LogP contribution >= 0.6 is 11.9 Å². The van der Waals surface area contributed by atoms with Gasteiger partial charge in [-0.05, 0) is 24.1 Å². The number of azide groups is 1. The molecule has 7 nitrogen and oxygen atoms in total. The topological polar surface area (TPSA) is 98.2 Å². The lowest BCUT2D eigenvalue weighted by Gasteiger charge is -2.22. The minimum absolute atomic E-state index is 0.0148. The van der Waals surface area contributed by atoms with Crippen LogP contribution in [0.2, 0.25) is 0 Å². The lowest BCUT2D eigenvalue weighted by molar-refractivity contribution is -0.134. The molecule has 1 rings (SSSR count). The van der Waals surface area contributed by atoms with E-state index in [1.807, 2.05) is 20.1 Å². The van der Waals surface area contributed by atoms with E-state index in [0.717, 1.165) is 6.42 Å². The average molecular weight is 313 g/mol. The van der Waals surface area contributed by atoms with Gasteiger partial charge in [0.05, 0.1) is 12.5 Å². The molecule has 1 N–H and O–H groups in total. The van der Waals surface area contributed by atoms with E-state index in [0.29, 0.717) is 19.6 Å². The Hall–Kier alpha value is -1.24. The summed E-state index contributed by atoms with van der Waals surface area (Å²) >= 11 is 1.35. The molecule has 2 atom stereocenters. The Morgan fingerprint density at radius 3 is 2.81 bits per heavy atom. The molecule has 0 spiro atoms. The predicted molar refractivity (Wildman–Crippen MR) is 83.6 cm³/mol. The van der Waals surface area contributed by atoms with Crippen molar-refractivity contribution in [1.29, 1.82) is 0 Å². The van der Waals surface area contributed by atoms with E-state index in [1.54, 1.807) is 4.90 Å². The number of hydrogen-bond donors (Lipinski definition) is 1. The van der Waals surface area contributed by atoms with Gasteiger partial charge in [-0.25, -0.2) is 0 Å². The summed E-state index contributed by atoms with van der Waals surface area (Å²) in [5, 5.41) is 3.56. The molecular formula is C13H23N5O2S. The molecule has 1 saturated heterocycles. The highest BCUT2D eigenvalue weighted by Crippen LogP contribution is 2.18. The molecule has 1 aliphatic rings. The molecule has 21 heavy (non-hydrogen) atoms. The van der Waals surface area contributed by atoms with E-state index in [9.17, 15) is 9.59 Å². The summed E-state index contributed by atoms with van der Waals surface area (Å²) in [5.41, 5.74) is 8.32. The van der Waals surface area contributed by atoms with Crippen molar-refractivity contribution in [2.75, 3.05) is 25.9 Å². The second kappa shape index (κ2) is 8.92. The third-order valence-corrected chi connectivity index (χ3v) is 4.11. The van der Waals surface area contributed by atoms with Crippen molar-refractivity contribution in [3.05, 3.63) is 10.4 Å². The van der Waals surface area contributed by atoms with E-state index < -0.39 is 6.04 Å². The fourth-order valence-corrected chi connectivity index (χ4v) is 2.89. The number of likely N-dealkylation sites (tertiary alicyclic amines) is 1. The second-order valence-electron chi connectivity index (χ2n) is 5.54. The molecule has 0 bridgehead atoms. The van der Waals surface area contributed by atoms with Crippen molar-refractivity contribution in [3.8, 4) is 0 Å². The summed E-state index contributed by atoms with van der Waals surface area (Å²) in [4.78, 5) is 28.9. The van der Waals surface area contributed by atoms with E-state index in [2.05, 4.69) is 14.7 Å². The number of nitrogens with zero attached hydrogens (tertiary/aromatic N) is 4. The first-order valence-electron chi connectivity index (χ1n) is 7.10. The van der Waals surface area contributed by atoms with Crippen LogP contribution in [0.1, 0.15) is 26.7 Å². The zero-order valence-corrected chi connectivity index (χ0v) is 13.6. The molecule has 118 valence electrons. The van der Waals surface area contributed by atoms with Crippen molar-refractivity contribution in [2.45, 2.75) is 32.7 Å². The van der Waals surface area contributed by atoms with Crippen molar-refractivity contribution in [1.82, 2.24) is 9.62 Å². The normalized spacial score (nSPS) is 19.4. The van der Waals surface area contributed by atoms with E-state index >= 15 is 0 Å². The van der Waals surface area contributed by atoms with Gasteiger partial charge in [0.25, 0.3) is 0 Å². The van der Waals surface area contributed by atoms with Crippen LogP contribution in [0.15, 0.2) is 5.11 Å². The van der Waals surface area contributed by atoms with E-state index in [-0.39, 0.29) is 29.9 Å². The average Bonchev–Trinajstić information content (AvgIpc) is 2.92. The first-order chi connectivity index (χ1) is 9.99. The highest BCUT2D eigenvalue weighted by molar-refractivity contribution is 7.96. The maximum atomic E-state index is 12.3. The van der Waals surface area contributed by atoms with Gasteiger partial charge in [0, 0.05) is 30.5 Å². The van der Waals surface area contributed by atoms with E-state index in [1.165, 1.54) is 11.9 Å². The third kappa shape index (κ3) is 5.57. The molecule has 8 heteroatoms. The number of carbonyl (C=O) groups excluding carboxylic acids is 2. The Labute approximate surface area is 129 Å². The summed E-state index contributed by atoms with van der Waals surface area (Å²) in [6, 6.07) is -0.441. The zero-order valence-electron chi connectivity index (χ0n) is 12.8. The Morgan fingerprint density at radius 1 is 1.52 bits per heavy atom. The maximum Gasteiger partial charge on any atom is 0.224 e. The molecule has 1 aliphatic heterocycles. The minimum atomic E-state index is -0.441. The number of Topliss-reactive ketones (excluding diaryl/α,β-unsaturated/α-hetero) is 1. The van der Waals surface area contributed by atoms with Crippen LogP contribution in [-0.2, 0) is 9.59 Å². The number of nitrogens with one attached hydrogen (secondary N) is 1. The molecule has 1 heterocycles. The highest BCUT2D eigenvalue weighted by Gasteiger charge is 2.30. The number of rotatable bonds is 8. The predicted octanol–water partition coefficient (Wildman–Crippen LogP) is 2.00. The maximum absolute atomic E-state index is 12.3. The molecule has 0 radical (unpaired) electrons. The van der Waals surface area contributed by atoms with Crippen molar-refractivity contribution in [3.63, 3.8) is 0 Å². The lowest BCUT2D eigenvalue weighted by atomic mass is 9.99. The highest BCUT2D eigenvalue weighted by atomic mass is 32.2. The molecule has 0 aromatic carbocycles. The Bertz CT molecular complexity index is 423. The van der Waals surface area contributed by atoms with Gasteiger partial charge in [0.1, 0.15) is 0 Å². The van der Waals surface area contributed by atoms with Crippen LogP contribution in [0.5, 0.6) is 0 Å². The lowest BCUT2D eigenvalue weighted by Crippen LogP contribution is -2.41. The molecule has 0 aromatic heterocycles. The molecule has 1 fully saturated rings. The molecule has 0 saturated carbocycles. The first kappa shape index (κ1) is 17.8. The standard InChI is InChI=1S/C13H23N5O2S/c1-9(2)13(20)11(16-21-3)6-12(19)18-5-4-10(8-18)7-15-17-14/h9-11,16H,4-8H2,1-3H3/t10?,11-/m0/s1. The van der Waals surface area contributed by atoms with Gasteiger partial charge in [-0.15, -0.1) is 0 Å². The minimum Gasteiger partial charge on any atom is -0.342 e. The fourth-order valence-electron chi connectivity index (χ4n) is 2.41. The smallest absolute Gasteiger partial charge is 0.224 e. The van der Waals surface area contributed by atoms with Crippen molar-refractivity contribution >= 4 is 23.6 Å². The van der Waals surface area contributed by atoms with Crippen LogP contribution in [0.4, 0.5) is 0 Å². The van der Waals surface area contributed by atoms with Crippen LogP contribution < -0.4 is 4.72 Å². The van der Waals surface area contributed by atoms with Crippen molar-refractivity contribution < 1.29 is 9.59 Å². The quantitative estimate of drug-likeness (QED) is 0.321. The first-order valence-corrected chi connectivity index (χ1v) is 8.32. The largest absolute Gasteiger partial charge is 0.342 e. The summed E-state index contributed by atoms with van der Waals surface area (Å²) in [7, 11) is 0. The Balaban J connectivity index is 2.54. The summed E-state index contributed by atoms with van der Waals surface area (Å²) in [5.74, 6) is 0.179. The summed E-state index contributed by atoms with van der Waals surface area (Å²) in [6.45, 7) is 5.39. The van der Waals surface area contributed by atoms with Gasteiger partial charge in [-0.1, -0.05) is 30.9 Å². The van der Waals surface area contributed by atoms with Gasteiger partial charge in [0.2, 0.25) is 5.91 Å². The number of ketones is 1. The van der Waals surface area contributed by atoms with Crippen LogP contribution in [0.3, 0.4) is 0 Å². The molecule has 0 aromatic rings. The monoisotopic (exact) mass is 313 g/mol.